The van der Waals surface area contributed by atoms with Crippen molar-refractivity contribution >= 4 is 21.5 Å². The van der Waals surface area contributed by atoms with Crippen LogP contribution >= 0.6 is 0 Å². The summed E-state index contributed by atoms with van der Waals surface area (Å²) in [5.41, 5.74) is 17.2. The Hall–Kier alpha value is -7.49. The third kappa shape index (κ3) is 5.85. The lowest BCUT2D eigenvalue weighted by Crippen LogP contribution is -2.16. The Kier molecular flexibility index (Phi) is 8.16. The molecule has 11 rings (SSSR count). The van der Waals surface area contributed by atoms with E-state index >= 15 is 0 Å². The fraction of sp³-hybridized carbons (Fsp3) is 0.0536. The minimum atomic E-state index is -0.164. The molecule has 1 aliphatic carbocycles. The van der Waals surface area contributed by atoms with Crippen molar-refractivity contribution in [3.8, 4) is 78.4 Å². The van der Waals surface area contributed by atoms with Crippen molar-refractivity contribution in [1.29, 1.82) is 0 Å². The van der Waals surface area contributed by atoms with Crippen molar-refractivity contribution in [2.24, 2.45) is 0 Å². The first-order valence-corrected chi connectivity index (χ1v) is 20.3. The van der Waals surface area contributed by atoms with E-state index in [0.717, 1.165) is 44.6 Å². The third-order valence-corrected chi connectivity index (χ3v) is 12.2. The van der Waals surface area contributed by atoms with Gasteiger partial charge in [0.1, 0.15) is 0 Å². The van der Waals surface area contributed by atoms with Crippen molar-refractivity contribution in [3.63, 3.8) is 0 Å². The van der Waals surface area contributed by atoms with E-state index in [9.17, 15) is 0 Å². The molecule has 0 aliphatic heterocycles. The van der Waals surface area contributed by atoms with E-state index in [2.05, 4.69) is 183 Å². The summed E-state index contributed by atoms with van der Waals surface area (Å²) in [4.78, 5) is 14.7. The third-order valence-electron chi connectivity index (χ3n) is 12.2. The van der Waals surface area contributed by atoms with E-state index in [1.165, 1.54) is 60.7 Å². The van der Waals surface area contributed by atoms with Gasteiger partial charge < -0.3 is 0 Å². The van der Waals surface area contributed by atoms with Gasteiger partial charge in [-0.1, -0.05) is 184 Å². The average Bonchev–Trinajstić information content (AvgIpc) is 3.55. The Balaban J connectivity index is 1.02. The van der Waals surface area contributed by atoms with Crippen LogP contribution in [0.4, 0.5) is 0 Å². The van der Waals surface area contributed by atoms with Crippen LogP contribution in [0.1, 0.15) is 25.0 Å². The summed E-state index contributed by atoms with van der Waals surface area (Å²) in [5, 5.41) is 4.95. The molecule has 0 saturated heterocycles. The maximum absolute atomic E-state index is 5.23. The lowest BCUT2D eigenvalue weighted by Gasteiger charge is -2.26. The van der Waals surface area contributed by atoms with Crippen LogP contribution in [0.25, 0.3) is 100.0 Å². The second-order valence-electron chi connectivity index (χ2n) is 16.0. The van der Waals surface area contributed by atoms with Crippen LogP contribution in [0.2, 0.25) is 0 Å². The van der Waals surface area contributed by atoms with E-state index in [0.29, 0.717) is 5.82 Å². The molecule has 1 aliphatic rings. The molecule has 0 spiro atoms. The Labute approximate surface area is 344 Å². The van der Waals surface area contributed by atoms with Crippen LogP contribution < -0.4 is 0 Å². The number of aromatic nitrogens is 3. The monoisotopic (exact) mass is 753 g/mol. The molecule has 2 aromatic heterocycles. The summed E-state index contributed by atoms with van der Waals surface area (Å²) in [7, 11) is 0. The summed E-state index contributed by atoms with van der Waals surface area (Å²) >= 11 is 0. The van der Waals surface area contributed by atoms with E-state index in [-0.39, 0.29) is 5.41 Å². The predicted octanol–water partition coefficient (Wildman–Crippen LogP) is 14.5. The van der Waals surface area contributed by atoms with Gasteiger partial charge in [0.2, 0.25) is 0 Å². The van der Waals surface area contributed by atoms with E-state index in [1.807, 2.05) is 30.5 Å². The number of fused-ring (bicyclic) bond motifs is 6. The van der Waals surface area contributed by atoms with Crippen molar-refractivity contribution in [2.45, 2.75) is 19.3 Å². The van der Waals surface area contributed by atoms with Crippen LogP contribution in [-0.4, -0.2) is 15.0 Å². The van der Waals surface area contributed by atoms with Gasteiger partial charge in [-0.05, 0) is 95.4 Å². The van der Waals surface area contributed by atoms with Crippen LogP contribution in [0.3, 0.4) is 0 Å². The molecule has 3 heteroatoms. The molecule has 0 amide bonds. The van der Waals surface area contributed by atoms with Gasteiger partial charge >= 0.3 is 0 Å². The van der Waals surface area contributed by atoms with Gasteiger partial charge in [-0.3, -0.25) is 4.98 Å². The van der Waals surface area contributed by atoms with Crippen LogP contribution in [0, 0.1) is 0 Å². The summed E-state index contributed by atoms with van der Waals surface area (Å²) in [6, 6.07) is 67.5. The van der Waals surface area contributed by atoms with Crippen molar-refractivity contribution in [1.82, 2.24) is 15.0 Å². The van der Waals surface area contributed by atoms with Gasteiger partial charge in [0.15, 0.2) is 5.82 Å². The van der Waals surface area contributed by atoms with Gasteiger partial charge in [0, 0.05) is 34.5 Å². The van der Waals surface area contributed by atoms with Gasteiger partial charge in [0.05, 0.1) is 11.4 Å². The normalized spacial score (nSPS) is 12.7. The lowest BCUT2D eigenvalue weighted by molar-refractivity contribution is 0.668. The predicted molar refractivity (Wildman–Crippen MR) is 245 cm³/mol. The quantitative estimate of drug-likeness (QED) is 0.170. The van der Waals surface area contributed by atoms with E-state index in [4.69, 9.17) is 9.97 Å². The topological polar surface area (TPSA) is 38.7 Å². The smallest absolute Gasteiger partial charge is 0.160 e. The Bertz CT molecular complexity index is 3220. The molecule has 0 saturated carbocycles. The van der Waals surface area contributed by atoms with Gasteiger partial charge in [0.25, 0.3) is 0 Å². The van der Waals surface area contributed by atoms with Crippen LogP contribution in [0.5, 0.6) is 0 Å². The molecule has 10 aromatic rings. The maximum atomic E-state index is 5.23. The summed E-state index contributed by atoms with van der Waals surface area (Å²) < 4.78 is 0. The molecule has 3 nitrogen and oxygen atoms in total. The lowest BCUT2D eigenvalue weighted by atomic mass is 9.77. The molecule has 59 heavy (non-hydrogen) atoms. The van der Waals surface area contributed by atoms with Crippen molar-refractivity contribution in [3.05, 3.63) is 212 Å². The first kappa shape index (κ1) is 34.7. The summed E-state index contributed by atoms with van der Waals surface area (Å²) in [6.07, 6.45) is 3.70. The number of benzene rings is 8. The summed E-state index contributed by atoms with van der Waals surface area (Å²) in [6.45, 7) is 4.78. The Morgan fingerprint density at radius 1 is 0.356 bits per heavy atom. The molecule has 0 radical (unpaired) electrons. The number of hydrogen-bond donors (Lipinski definition) is 0. The molecular weight excluding hydrogens is 715 g/mol. The molecule has 0 N–H and O–H groups in total. The highest BCUT2D eigenvalue weighted by molar-refractivity contribution is 6.05. The number of hydrogen-bond acceptors (Lipinski definition) is 3. The van der Waals surface area contributed by atoms with Gasteiger partial charge in [-0.15, -0.1) is 0 Å². The molecule has 0 atom stereocenters. The highest BCUT2D eigenvalue weighted by atomic mass is 14.9. The summed E-state index contributed by atoms with van der Waals surface area (Å²) in [5.74, 6) is 0.698. The molecule has 0 unspecified atom stereocenters. The first-order valence-electron chi connectivity index (χ1n) is 20.3. The second kappa shape index (κ2) is 13.9. The van der Waals surface area contributed by atoms with Crippen LogP contribution in [0.15, 0.2) is 200 Å². The number of pyridine rings is 1. The SMILES string of the molecule is CC1(C)c2c(-c3cccc(-c4ccc(-c5cc(-c6ccc(-c7cccnc7)cc6)nc(-c6ccccc6)n5)c5ccccc45)c3)cccc2-c2ccc3ccccc3c21. The van der Waals surface area contributed by atoms with E-state index < -0.39 is 0 Å². The first-order chi connectivity index (χ1) is 29.0. The Morgan fingerprint density at radius 2 is 0.949 bits per heavy atom. The molecule has 0 fully saturated rings. The molecule has 0 bridgehead atoms. The minimum absolute atomic E-state index is 0.164. The van der Waals surface area contributed by atoms with Crippen molar-refractivity contribution in [2.75, 3.05) is 0 Å². The zero-order chi connectivity index (χ0) is 39.5. The maximum Gasteiger partial charge on any atom is 0.160 e. The molecule has 8 aromatic carbocycles. The van der Waals surface area contributed by atoms with Crippen LogP contribution in [-0.2, 0) is 5.41 Å². The molecule has 2 heterocycles. The zero-order valence-electron chi connectivity index (χ0n) is 32.9. The fourth-order valence-corrected chi connectivity index (χ4v) is 9.43. The molecule has 278 valence electrons. The minimum Gasteiger partial charge on any atom is -0.264 e. The zero-order valence-corrected chi connectivity index (χ0v) is 32.9. The van der Waals surface area contributed by atoms with E-state index in [1.54, 1.807) is 6.20 Å². The molecular formula is C56H39N3. The number of rotatable bonds is 6. The standard InChI is InChI=1S/C56H39N3/c1-56(2)53-44-19-7-6-13-37(44)28-29-50(53)49-23-11-22-45(54(49)56)41-17-10-16-40(33-41)43-30-31-48(47-21-9-8-20-46(43)47)52-34-51(58-55(59-52)39-14-4-3-5-15-39)38-26-24-36(25-27-38)42-18-12-32-57-35-42/h3-35H,1-2H3. The second-order valence-corrected chi connectivity index (χ2v) is 16.0. The van der Waals surface area contributed by atoms with Gasteiger partial charge in [-0.2, -0.15) is 0 Å². The highest BCUT2D eigenvalue weighted by Gasteiger charge is 2.38. The highest BCUT2D eigenvalue weighted by Crippen LogP contribution is 2.54. The van der Waals surface area contributed by atoms with Crippen molar-refractivity contribution < 1.29 is 0 Å². The Morgan fingerprint density at radius 3 is 1.75 bits per heavy atom. The largest absolute Gasteiger partial charge is 0.264 e. The average molecular weight is 754 g/mol. The fourth-order valence-electron chi connectivity index (χ4n) is 9.43. The number of nitrogens with zero attached hydrogens (tertiary/aromatic N) is 3. The van der Waals surface area contributed by atoms with Gasteiger partial charge in [-0.25, -0.2) is 9.97 Å².